The van der Waals surface area contributed by atoms with E-state index in [4.69, 9.17) is 0 Å². The van der Waals surface area contributed by atoms with Gasteiger partial charge in [0.15, 0.2) is 0 Å². The highest BCUT2D eigenvalue weighted by Gasteiger charge is 2.25. The van der Waals surface area contributed by atoms with Crippen LogP contribution in [0.1, 0.15) is 29.6 Å². The van der Waals surface area contributed by atoms with Crippen molar-refractivity contribution in [2.75, 3.05) is 0 Å². The number of alkyl halides is 1. The van der Waals surface area contributed by atoms with Gasteiger partial charge in [0.05, 0.1) is 5.56 Å². The van der Waals surface area contributed by atoms with Crippen molar-refractivity contribution in [3.8, 4) is 0 Å². The third kappa shape index (κ3) is 2.37. The first-order valence-electron chi connectivity index (χ1n) is 5.22. The monoisotopic (exact) mass is 210 g/mol. The molecular formula is C11H15FN2O. The molecule has 0 radical (unpaired) electrons. The van der Waals surface area contributed by atoms with Gasteiger partial charge in [0.2, 0.25) is 0 Å². The zero-order valence-corrected chi connectivity index (χ0v) is 8.74. The molecule has 82 valence electrons. The van der Waals surface area contributed by atoms with Crippen molar-refractivity contribution in [2.24, 2.45) is 7.05 Å². The van der Waals surface area contributed by atoms with Crippen LogP contribution in [-0.2, 0) is 7.05 Å². The molecule has 3 nitrogen and oxygen atoms in total. The van der Waals surface area contributed by atoms with Gasteiger partial charge in [-0.3, -0.25) is 4.79 Å². The minimum atomic E-state index is -0.744. The van der Waals surface area contributed by atoms with Gasteiger partial charge in [0.25, 0.3) is 5.91 Å². The molecule has 15 heavy (non-hydrogen) atoms. The third-order valence-corrected chi connectivity index (χ3v) is 2.80. The van der Waals surface area contributed by atoms with Crippen LogP contribution in [0.4, 0.5) is 4.39 Å². The van der Waals surface area contributed by atoms with Crippen molar-refractivity contribution in [1.82, 2.24) is 9.88 Å². The van der Waals surface area contributed by atoms with E-state index in [0.29, 0.717) is 18.4 Å². The molecule has 1 heterocycles. The number of amides is 1. The van der Waals surface area contributed by atoms with Crippen LogP contribution in [0.2, 0.25) is 0 Å². The van der Waals surface area contributed by atoms with E-state index in [1.54, 1.807) is 12.3 Å². The van der Waals surface area contributed by atoms with Crippen molar-refractivity contribution < 1.29 is 9.18 Å². The maximum atomic E-state index is 12.9. The highest BCUT2D eigenvalue weighted by molar-refractivity contribution is 5.94. The van der Waals surface area contributed by atoms with Gasteiger partial charge < -0.3 is 9.88 Å². The molecule has 0 spiro atoms. The third-order valence-electron chi connectivity index (χ3n) is 2.80. The number of aryl methyl sites for hydroxylation is 1. The number of rotatable bonds is 2. The Balaban J connectivity index is 1.92. The fourth-order valence-corrected chi connectivity index (χ4v) is 1.96. The first-order chi connectivity index (χ1) is 7.15. The molecule has 1 saturated carbocycles. The Kier molecular flexibility index (Phi) is 2.75. The number of nitrogens with one attached hydrogen (secondary N) is 1. The van der Waals surface area contributed by atoms with Crippen LogP contribution in [0.3, 0.4) is 0 Å². The summed E-state index contributed by atoms with van der Waals surface area (Å²) < 4.78 is 14.7. The normalized spacial score (nSPS) is 25.5. The summed E-state index contributed by atoms with van der Waals surface area (Å²) in [5, 5.41) is 2.85. The second-order valence-corrected chi connectivity index (χ2v) is 4.15. The summed E-state index contributed by atoms with van der Waals surface area (Å²) in [5.74, 6) is -0.102. The average molecular weight is 210 g/mol. The van der Waals surface area contributed by atoms with Crippen LogP contribution in [0, 0.1) is 0 Å². The molecule has 0 bridgehead atoms. The molecule has 1 fully saturated rings. The molecule has 2 unspecified atom stereocenters. The molecule has 2 atom stereocenters. The van der Waals surface area contributed by atoms with Crippen LogP contribution in [-0.4, -0.2) is 22.7 Å². The molecule has 1 N–H and O–H groups in total. The molecule has 2 rings (SSSR count). The lowest BCUT2D eigenvalue weighted by Gasteiger charge is -2.10. The molecule has 1 aromatic rings. The summed E-state index contributed by atoms with van der Waals surface area (Å²) in [6.45, 7) is 0. The van der Waals surface area contributed by atoms with E-state index >= 15 is 0 Å². The zero-order chi connectivity index (χ0) is 10.8. The summed E-state index contributed by atoms with van der Waals surface area (Å²) >= 11 is 0. The number of carbonyl (C=O) groups excluding carboxylic acids is 1. The predicted octanol–water partition coefficient (Wildman–Crippen LogP) is 1.65. The van der Waals surface area contributed by atoms with Crippen LogP contribution < -0.4 is 5.32 Å². The Morgan fingerprint density at radius 2 is 2.40 bits per heavy atom. The van der Waals surface area contributed by atoms with Gasteiger partial charge in [-0.15, -0.1) is 0 Å². The lowest BCUT2D eigenvalue weighted by atomic mass is 10.2. The summed E-state index contributed by atoms with van der Waals surface area (Å²) in [7, 11) is 1.87. The van der Waals surface area contributed by atoms with Crippen molar-refractivity contribution in [3.05, 3.63) is 24.0 Å². The van der Waals surface area contributed by atoms with Gasteiger partial charge in [0, 0.05) is 25.5 Å². The molecule has 0 aromatic carbocycles. The SMILES string of the molecule is Cn1ccc(C(=O)NC2CCC(F)C2)c1. The second kappa shape index (κ2) is 4.04. The van der Waals surface area contributed by atoms with Crippen molar-refractivity contribution in [3.63, 3.8) is 0 Å². The van der Waals surface area contributed by atoms with Crippen LogP contribution in [0.15, 0.2) is 18.5 Å². The average Bonchev–Trinajstić information content (AvgIpc) is 2.75. The quantitative estimate of drug-likeness (QED) is 0.791. The minimum absolute atomic E-state index is 0.00714. The summed E-state index contributed by atoms with van der Waals surface area (Å²) in [4.78, 5) is 11.7. The minimum Gasteiger partial charge on any atom is -0.356 e. The second-order valence-electron chi connectivity index (χ2n) is 4.15. The van der Waals surface area contributed by atoms with Crippen molar-refractivity contribution >= 4 is 5.91 Å². The van der Waals surface area contributed by atoms with Gasteiger partial charge in [-0.05, 0) is 25.3 Å². The van der Waals surface area contributed by atoms with Gasteiger partial charge in [-0.25, -0.2) is 4.39 Å². The zero-order valence-electron chi connectivity index (χ0n) is 8.74. The summed E-state index contributed by atoms with van der Waals surface area (Å²) in [6, 6.07) is 1.77. The number of nitrogens with zero attached hydrogens (tertiary/aromatic N) is 1. The standard InChI is InChI=1S/C11H15FN2O/c1-14-5-4-8(7-14)11(15)13-10-3-2-9(12)6-10/h4-5,7,9-10H,2-3,6H2,1H3,(H,13,15). The summed E-state index contributed by atoms with van der Waals surface area (Å²) in [5.41, 5.74) is 0.639. The van der Waals surface area contributed by atoms with Gasteiger partial charge in [-0.1, -0.05) is 0 Å². The Morgan fingerprint density at radius 3 is 2.93 bits per heavy atom. The number of carbonyl (C=O) groups is 1. The van der Waals surface area contributed by atoms with Gasteiger partial charge >= 0.3 is 0 Å². The van der Waals surface area contributed by atoms with E-state index in [9.17, 15) is 9.18 Å². The lowest BCUT2D eigenvalue weighted by molar-refractivity contribution is 0.0936. The maximum absolute atomic E-state index is 12.9. The highest BCUT2D eigenvalue weighted by Crippen LogP contribution is 2.22. The lowest BCUT2D eigenvalue weighted by Crippen LogP contribution is -2.32. The predicted molar refractivity (Wildman–Crippen MR) is 55.4 cm³/mol. The number of hydrogen-bond acceptors (Lipinski definition) is 1. The van der Waals surface area contributed by atoms with Crippen LogP contribution >= 0.6 is 0 Å². The Labute approximate surface area is 88.3 Å². The molecule has 1 amide bonds. The van der Waals surface area contributed by atoms with E-state index in [0.717, 1.165) is 6.42 Å². The Morgan fingerprint density at radius 1 is 1.60 bits per heavy atom. The number of hydrogen-bond donors (Lipinski definition) is 1. The van der Waals surface area contributed by atoms with E-state index in [-0.39, 0.29) is 11.9 Å². The van der Waals surface area contributed by atoms with Crippen molar-refractivity contribution in [1.29, 1.82) is 0 Å². The number of aromatic nitrogens is 1. The fraction of sp³-hybridized carbons (Fsp3) is 0.545. The Bertz CT molecular complexity index is 361. The van der Waals surface area contributed by atoms with E-state index in [1.165, 1.54) is 0 Å². The molecule has 1 aliphatic rings. The molecule has 1 aromatic heterocycles. The van der Waals surface area contributed by atoms with Crippen molar-refractivity contribution in [2.45, 2.75) is 31.5 Å². The molecule has 1 aliphatic carbocycles. The van der Waals surface area contributed by atoms with E-state index in [1.807, 2.05) is 17.8 Å². The molecular weight excluding hydrogens is 195 g/mol. The van der Waals surface area contributed by atoms with Gasteiger partial charge in [0.1, 0.15) is 6.17 Å². The van der Waals surface area contributed by atoms with E-state index in [2.05, 4.69) is 5.32 Å². The number of halogens is 1. The van der Waals surface area contributed by atoms with Gasteiger partial charge in [-0.2, -0.15) is 0 Å². The molecule has 0 saturated heterocycles. The maximum Gasteiger partial charge on any atom is 0.253 e. The molecule has 4 heteroatoms. The molecule has 0 aliphatic heterocycles. The first kappa shape index (κ1) is 10.2. The summed E-state index contributed by atoms with van der Waals surface area (Å²) in [6.07, 6.45) is 4.61. The fourth-order valence-electron chi connectivity index (χ4n) is 1.96. The largest absolute Gasteiger partial charge is 0.356 e. The first-order valence-corrected chi connectivity index (χ1v) is 5.22. The van der Waals surface area contributed by atoms with Crippen LogP contribution in [0.25, 0.3) is 0 Å². The smallest absolute Gasteiger partial charge is 0.253 e. The van der Waals surface area contributed by atoms with E-state index < -0.39 is 6.17 Å². The van der Waals surface area contributed by atoms with Crippen LogP contribution in [0.5, 0.6) is 0 Å². The topological polar surface area (TPSA) is 34.0 Å². The Hall–Kier alpha value is -1.32. The highest BCUT2D eigenvalue weighted by atomic mass is 19.1.